The molecule has 1 nitrogen and oxygen atoms in total. The Morgan fingerprint density at radius 2 is 1.93 bits per heavy atom. The molecule has 0 aliphatic carbocycles. The highest BCUT2D eigenvalue weighted by atomic mass is 19.1. The monoisotopic (exact) mass is 213 g/mol. The summed E-state index contributed by atoms with van der Waals surface area (Å²) in [5.41, 5.74) is 0.535. The van der Waals surface area contributed by atoms with E-state index in [2.05, 4.69) is 19.2 Å². The number of benzene rings is 1. The Labute approximate surface area is 89.5 Å². The maximum absolute atomic E-state index is 13.5. The van der Waals surface area contributed by atoms with Gasteiger partial charge in [-0.3, -0.25) is 0 Å². The van der Waals surface area contributed by atoms with Crippen LogP contribution in [0.25, 0.3) is 0 Å². The van der Waals surface area contributed by atoms with Crippen molar-refractivity contribution in [2.45, 2.75) is 26.3 Å². The van der Waals surface area contributed by atoms with Crippen molar-refractivity contribution >= 4 is 0 Å². The van der Waals surface area contributed by atoms with E-state index in [0.29, 0.717) is 11.5 Å². The second-order valence-corrected chi connectivity index (χ2v) is 4.14. The third kappa shape index (κ3) is 3.27. The number of rotatable bonds is 4. The van der Waals surface area contributed by atoms with Gasteiger partial charge in [0, 0.05) is 17.7 Å². The molecular formula is C12H17F2N. The van der Waals surface area contributed by atoms with Gasteiger partial charge in [-0.25, -0.2) is 8.78 Å². The maximum atomic E-state index is 13.5. The van der Waals surface area contributed by atoms with Crippen molar-refractivity contribution < 1.29 is 8.78 Å². The molecule has 3 heteroatoms. The van der Waals surface area contributed by atoms with Gasteiger partial charge < -0.3 is 5.32 Å². The molecule has 0 amide bonds. The average molecular weight is 213 g/mol. The second-order valence-electron chi connectivity index (χ2n) is 4.14. The lowest BCUT2D eigenvalue weighted by Crippen LogP contribution is -2.19. The summed E-state index contributed by atoms with van der Waals surface area (Å²) >= 11 is 0. The molecule has 0 aliphatic rings. The van der Waals surface area contributed by atoms with Crippen molar-refractivity contribution in [1.82, 2.24) is 5.32 Å². The molecule has 0 fully saturated rings. The third-order valence-corrected chi connectivity index (χ3v) is 2.39. The van der Waals surface area contributed by atoms with Gasteiger partial charge in [-0.05, 0) is 25.5 Å². The molecule has 0 aromatic heterocycles. The predicted octanol–water partition coefficient (Wildman–Crippen LogP) is 3.27. The summed E-state index contributed by atoms with van der Waals surface area (Å²) in [6.07, 6.45) is 0.832. The lowest BCUT2D eigenvalue weighted by molar-refractivity contribution is 0.438. The van der Waals surface area contributed by atoms with Gasteiger partial charge in [-0.15, -0.1) is 0 Å². The molecular weight excluding hydrogens is 196 g/mol. The van der Waals surface area contributed by atoms with Crippen molar-refractivity contribution in [3.8, 4) is 0 Å². The SMILES string of the molecule is CNC(CC(C)C)c1ccc(F)cc1F. The van der Waals surface area contributed by atoms with Crippen molar-refractivity contribution in [2.75, 3.05) is 7.05 Å². The number of hydrogen-bond acceptors (Lipinski definition) is 1. The van der Waals surface area contributed by atoms with E-state index in [4.69, 9.17) is 0 Å². The fraction of sp³-hybridized carbons (Fsp3) is 0.500. The van der Waals surface area contributed by atoms with Gasteiger partial charge in [0.2, 0.25) is 0 Å². The lowest BCUT2D eigenvalue weighted by Gasteiger charge is -2.19. The highest BCUT2D eigenvalue weighted by molar-refractivity contribution is 5.22. The molecule has 84 valence electrons. The first-order chi connectivity index (χ1) is 7.04. The minimum absolute atomic E-state index is 0.0504. The molecule has 1 rings (SSSR count). The van der Waals surface area contributed by atoms with Crippen LogP contribution in [0.2, 0.25) is 0 Å². The largest absolute Gasteiger partial charge is 0.313 e. The predicted molar refractivity (Wildman–Crippen MR) is 57.6 cm³/mol. The zero-order valence-corrected chi connectivity index (χ0v) is 9.35. The summed E-state index contributed by atoms with van der Waals surface area (Å²) in [7, 11) is 1.79. The van der Waals surface area contributed by atoms with Gasteiger partial charge in [0.25, 0.3) is 0 Å². The molecule has 1 atom stereocenters. The maximum Gasteiger partial charge on any atom is 0.130 e. The third-order valence-electron chi connectivity index (χ3n) is 2.39. The minimum Gasteiger partial charge on any atom is -0.313 e. The van der Waals surface area contributed by atoms with Crippen molar-refractivity contribution in [3.63, 3.8) is 0 Å². The topological polar surface area (TPSA) is 12.0 Å². The van der Waals surface area contributed by atoms with Crippen LogP contribution in [-0.4, -0.2) is 7.05 Å². The first-order valence-corrected chi connectivity index (χ1v) is 5.16. The van der Waals surface area contributed by atoms with Gasteiger partial charge in [-0.1, -0.05) is 19.9 Å². The highest BCUT2D eigenvalue weighted by Crippen LogP contribution is 2.23. The summed E-state index contributed by atoms with van der Waals surface area (Å²) in [6, 6.07) is 3.68. The van der Waals surface area contributed by atoms with Crippen LogP contribution in [0.4, 0.5) is 8.78 Å². The Morgan fingerprint density at radius 3 is 2.40 bits per heavy atom. The van der Waals surface area contributed by atoms with Crippen molar-refractivity contribution in [1.29, 1.82) is 0 Å². The molecule has 0 aliphatic heterocycles. The Balaban J connectivity index is 2.91. The average Bonchev–Trinajstić information content (AvgIpc) is 2.14. The fourth-order valence-electron chi connectivity index (χ4n) is 1.66. The molecule has 0 heterocycles. The van der Waals surface area contributed by atoms with Crippen LogP contribution in [-0.2, 0) is 0 Å². The molecule has 0 spiro atoms. The molecule has 1 N–H and O–H groups in total. The van der Waals surface area contributed by atoms with E-state index in [1.54, 1.807) is 7.05 Å². The van der Waals surface area contributed by atoms with Crippen molar-refractivity contribution in [3.05, 3.63) is 35.4 Å². The van der Waals surface area contributed by atoms with Gasteiger partial charge in [0.1, 0.15) is 11.6 Å². The van der Waals surface area contributed by atoms with Crippen LogP contribution < -0.4 is 5.32 Å². The quantitative estimate of drug-likeness (QED) is 0.809. The zero-order valence-electron chi connectivity index (χ0n) is 9.35. The summed E-state index contributed by atoms with van der Waals surface area (Å²) in [6.45, 7) is 4.15. The molecule has 0 radical (unpaired) electrons. The minimum atomic E-state index is -0.532. The Kier molecular flexibility index (Phi) is 4.21. The number of halogens is 2. The van der Waals surface area contributed by atoms with E-state index in [0.717, 1.165) is 12.5 Å². The molecule has 0 saturated carbocycles. The molecule has 0 saturated heterocycles. The van der Waals surface area contributed by atoms with E-state index >= 15 is 0 Å². The van der Waals surface area contributed by atoms with E-state index < -0.39 is 11.6 Å². The van der Waals surface area contributed by atoms with Gasteiger partial charge in [0.05, 0.1) is 0 Å². The Morgan fingerprint density at radius 1 is 1.27 bits per heavy atom. The molecule has 0 bridgehead atoms. The normalized spacial score (nSPS) is 13.2. The van der Waals surface area contributed by atoms with Crippen LogP contribution in [0.1, 0.15) is 31.9 Å². The molecule has 1 aromatic rings. The summed E-state index contributed by atoms with van der Waals surface area (Å²) in [4.78, 5) is 0. The first kappa shape index (κ1) is 12.1. The summed E-state index contributed by atoms with van der Waals surface area (Å²) in [5.74, 6) is -0.544. The van der Waals surface area contributed by atoms with Crippen LogP contribution in [0.15, 0.2) is 18.2 Å². The molecule has 15 heavy (non-hydrogen) atoms. The zero-order chi connectivity index (χ0) is 11.4. The summed E-state index contributed by atoms with van der Waals surface area (Å²) < 4.78 is 26.2. The smallest absolute Gasteiger partial charge is 0.130 e. The first-order valence-electron chi connectivity index (χ1n) is 5.16. The lowest BCUT2D eigenvalue weighted by atomic mass is 9.97. The van der Waals surface area contributed by atoms with Crippen LogP contribution >= 0.6 is 0 Å². The van der Waals surface area contributed by atoms with E-state index in [1.165, 1.54) is 12.1 Å². The van der Waals surface area contributed by atoms with Crippen LogP contribution in [0.3, 0.4) is 0 Å². The Bertz CT molecular complexity index is 323. The van der Waals surface area contributed by atoms with Gasteiger partial charge >= 0.3 is 0 Å². The van der Waals surface area contributed by atoms with E-state index in [-0.39, 0.29) is 6.04 Å². The fourth-order valence-corrected chi connectivity index (χ4v) is 1.66. The van der Waals surface area contributed by atoms with E-state index in [1.807, 2.05) is 0 Å². The molecule has 1 aromatic carbocycles. The highest BCUT2D eigenvalue weighted by Gasteiger charge is 2.15. The van der Waals surface area contributed by atoms with Crippen LogP contribution in [0, 0.1) is 17.6 Å². The van der Waals surface area contributed by atoms with Crippen LogP contribution in [0.5, 0.6) is 0 Å². The number of hydrogen-bond donors (Lipinski definition) is 1. The standard InChI is InChI=1S/C12H17F2N/c1-8(2)6-12(15-3)10-5-4-9(13)7-11(10)14/h4-5,7-8,12,15H,6H2,1-3H3. The second kappa shape index (κ2) is 5.21. The van der Waals surface area contributed by atoms with Crippen molar-refractivity contribution in [2.24, 2.45) is 5.92 Å². The van der Waals surface area contributed by atoms with Gasteiger partial charge in [0.15, 0.2) is 0 Å². The number of nitrogens with one attached hydrogen (secondary N) is 1. The summed E-state index contributed by atoms with van der Waals surface area (Å²) in [5, 5.41) is 3.05. The Hall–Kier alpha value is -0.960. The molecule has 1 unspecified atom stereocenters. The van der Waals surface area contributed by atoms with Gasteiger partial charge in [-0.2, -0.15) is 0 Å². The van der Waals surface area contributed by atoms with E-state index in [9.17, 15) is 8.78 Å².